The molecule has 2 saturated carbocycles. The summed E-state index contributed by atoms with van der Waals surface area (Å²) in [6, 6.07) is 2.13. The molecular weight excluding hydrogens is 224 g/mol. The van der Waals surface area contributed by atoms with Gasteiger partial charge in [0, 0.05) is 18.4 Å². The Balaban J connectivity index is 1.82. The van der Waals surface area contributed by atoms with Crippen LogP contribution in [0.25, 0.3) is 0 Å². The van der Waals surface area contributed by atoms with Crippen LogP contribution < -0.4 is 5.32 Å². The fourth-order valence-electron chi connectivity index (χ4n) is 4.34. The van der Waals surface area contributed by atoms with E-state index in [4.69, 9.17) is 0 Å². The molecule has 1 amide bonds. The molecule has 0 aromatic carbocycles. The molecule has 3 heteroatoms. The van der Waals surface area contributed by atoms with Crippen molar-refractivity contribution >= 4 is 5.91 Å². The van der Waals surface area contributed by atoms with Gasteiger partial charge < -0.3 is 10.3 Å². The summed E-state index contributed by atoms with van der Waals surface area (Å²) < 4.78 is 0. The molecule has 3 nitrogen and oxygen atoms in total. The number of carbonyl (C=O) groups excluding carboxylic acids is 1. The van der Waals surface area contributed by atoms with Crippen LogP contribution in [0.15, 0.2) is 18.5 Å². The lowest BCUT2D eigenvalue weighted by Gasteiger charge is -2.43. The van der Waals surface area contributed by atoms with E-state index in [1.165, 1.54) is 19.3 Å². The summed E-state index contributed by atoms with van der Waals surface area (Å²) >= 11 is 0. The number of amides is 1. The highest BCUT2D eigenvalue weighted by molar-refractivity contribution is 5.94. The van der Waals surface area contributed by atoms with Gasteiger partial charge in [-0.1, -0.05) is 20.8 Å². The van der Waals surface area contributed by atoms with Gasteiger partial charge in [0.05, 0.1) is 5.56 Å². The molecule has 3 atom stereocenters. The average molecular weight is 246 g/mol. The molecule has 3 rings (SSSR count). The molecule has 2 N–H and O–H groups in total. The Labute approximate surface area is 108 Å². The van der Waals surface area contributed by atoms with Crippen LogP contribution in [-0.2, 0) is 0 Å². The van der Waals surface area contributed by atoms with Gasteiger partial charge in [0.1, 0.15) is 0 Å². The SMILES string of the molecule is CC12CCC(C1)C(C)(C)C2NC(=O)c1cc[nH]c1. The van der Waals surface area contributed by atoms with E-state index >= 15 is 0 Å². The van der Waals surface area contributed by atoms with Crippen molar-refractivity contribution < 1.29 is 4.79 Å². The molecule has 2 aliphatic carbocycles. The third-order valence-electron chi connectivity index (χ3n) is 5.41. The Hall–Kier alpha value is -1.25. The third-order valence-corrected chi connectivity index (χ3v) is 5.41. The monoisotopic (exact) mass is 246 g/mol. The van der Waals surface area contributed by atoms with Crippen LogP contribution >= 0.6 is 0 Å². The second-order valence-corrected chi connectivity index (χ2v) is 6.92. The van der Waals surface area contributed by atoms with Crippen molar-refractivity contribution in [2.45, 2.75) is 46.1 Å². The lowest BCUT2D eigenvalue weighted by atomic mass is 9.68. The highest BCUT2D eigenvalue weighted by Gasteiger charge is 2.59. The van der Waals surface area contributed by atoms with Crippen molar-refractivity contribution in [3.05, 3.63) is 24.0 Å². The van der Waals surface area contributed by atoms with Crippen molar-refractivity contribution in [1.29, 1.82) is 0 Å². The van der Waals surface area contributed by atoms with Gasteiger partial charge in [-0.15, -0.1) is 0 Å². The molecule has 2 fully saturated rings. The molecule has 0 saturated heterocycles. The molecule has 0 spiro atoms. The summed E-state index contributed by atoms with van der Waals surface area (Å²) in [5.74, 6) is 0.821. The summed E-state index contributed by atoms with van der Waals surface area (Å²) in [7, 11) is 0. The maximum absolute atomic E-state index is 12.2. The van der Waals surface area contributed by atoms with E-state index < -0.39 is 0 Å². The number of hydrogen-bond donors (Lipinski definition) is 2. The minimum atomic E-state index is 0.0584. The zero-order chi connectivity index (χ0) is 13.0. The predicted molar refractivity (Wildman–Crippen MR) is 71.3 cm³/mol. The molecule has 3 unspecified atom stereocenters. The lowest BCUT2D eigenvalue weighted by molar-refractivity contribution is 0.0737. The van der Waals surface area contributed by atoms with E-state index in [1.807, 2.05) is 6.07 Å². The zero-order valence-corrected chi connectivity index (χ0v) is 11.4. The minimum absolute atomic E-state index is 0.0584. The first-order valence-electron chi connectivity index (χ1n) is 6.87. The van der Waals surface area contributed by atoms with Crippen LogP contribution in [0.2, 0.25) is 0 Å². The standard InChI is InChI=1S/C15H22N2O/c1-14(2)11-4-6-15(3,8-11)13(14)17-12(18)10-5-7-16-9-10/h5,7,9,11,13,16H,4,6,8H2,1-3H3,(H,17,18). The first-order valence-corrected chi connectivity index (χ1v) is 6.87. The summed E-state index contributed by atoms with van der Waals surface area (Å²) in [4.78, 5) is 15.2. The Kier molecular flexibility index (Phi) is 2.38. The fourth-order valence-corrected chi connectivity index (χ4v) is 4.34. The van der Waals surface area contributed by atoms with Gasteiger partial charge in [-0.25, -0.2) is 0 Å². The first kappa shape index (κ1) is 11.8. The molecule has 1 aromatic heterocycles. The van der Waals surface area contributed by atoms with Crippen molar-refractivity contribution in [2.24, 2.45) is 16.7 Å². The number of H-pyrrole nitrogens is 1. The molecule has 0 radical (unpaired) electrons. The van der Waals surface area contributed by atoms with Gasteiger partial charge in [0.25, 0.3) is 5.91 Å². The number of hydrogen-bond acceptors (Lipinski definition) is 1. The highest BCUT2D eigenvalue weighted by Crippen LogP contribution is 2.62. The molecular formula is C15H22N2O. The number of aromatic amines is 1. The third kappa shape index (κ3) is 1.53. The minimum Gasteiger partial charge on any atom is -0.367 e. The van der Waals surface area contributed by atoms with Gasteiger partial charge in [0.15, 0.2) is 0 Å². The van der Waals surface area contributed by atoms with E-state index in [0.29, 0.717) is 11.5 Å². The number of rotatable bonds is 2. The molecule has 18 heavy (non-hydrogen) atoms. The molecule has 2 bridgehead atoms. The van der Waals surface area contributed by atoms with Crippen LogP contribution in [0.3, 0.4) is 0 Å². The van der Waals surface area contributed by atoms with E-state index in [0.717, 1.165) is 11.5 Å². The summed E-state index contributed by atoms with van der Waals surface area (Å²) in [5.41, 5.74) is 1.25. The normalized spacial score (nSPS) is 36.8. The second kappa shape index (κ2) is 3.62. The smallest absolute Gasteiger partial charge is 0.253 e. The van der Waals surface area contributed by atoms with Gasteiger partial charge in [-0.05, 0) is 42.1 Å². The number of carbonyl (C=O) groups is 1. The maximum Gasteiger partial charge on any atom is 0.253 e. The van der Waals surface area contributed by atoms with Crippen molar-refractivity contribution in [2.75, 3.05) is 0 Å². The number of aromatic nitrogens is 1. The maximum atomic E-state index is 12.2. The van der Waals surface area contributed by atoms with Gasteiger partial charge in [0.2, 0.25) is 0 Å². The fraction of sp³-hybridized carbons (Fsp3) is 0.667. The van der Waals surface area contributed by atoms with Crippen LogP contribution in [0.1, 0.15) is 50.4 Å². The van der Waals surface area contributed by atoms with E-state index in [9.17, 15) is 4.79 Å². The van der Waals surface area contributed by atoms with E-state index in [-0.39, 0.29) is 11.3 Å². The molecule has 1 heterocycles. The summed E-state index contributed by atoms with van der Waals surface area (Å²) in [6.45, 7) is 6.96. The predicted octanol–water partition coefficient (Wildman–Crippen LogP) is 2.96. The average Bonchev–Trinajstić information content (AvgIpc) is 2.96. The van der Waals surface area contributed by atoms with Gasteiger partial charge in [-0.3, -0.25) is 4.79 Å². The molecule has 2 aliphatic rings. The quantitative estimate of drug-likeness (QED) is 0.828. The van der Waals surface area contributed by atoms with E-state index in [1.54, 1.807) is 12.4 Å². The van der Waals surface area contributed by atoms with Gasteiger partial charge >= 0.3 is 0 Å². The largest absolute Gasteiger partial charge is 0.367 e. The number of nitrogens with one attached hydrogen (secondary N) is 2. The summed E-state index contributed by atoms with van der Waals surface area (Å²) in [6.07, 6.45) is 7.39. The molecule has 0 aliphatic heterocycles. The van der Waals surface area contributed by atoms with E-state index in [2.05, 4.69) is 31.1 Å². The van der Waals surface area contributed by atoms with Crippen molar-refractivity contribution in [3.63, 3.8) is 0 Å². The number of fused-ring (bicyclic) bond motifs is 2. The molecule has 1 aromatic rings. The zero-order valence-electron chi connectivity index (χ0n) is 11.4. The Morgan fingerprint density at radius 2 is 2.22 bits per heavy atom. The highest BCUT2D eigenvalue weighted by atomic mass is 16.1. The lowest BCUT2D eigenvalue weighted by Crippen LogP contribution is -2.52. The van der Waals surface area contributed by atoms with Crippen LogP contribution in [-0.4, -0.2) is 16.9 Å². The van der Waals surface area contributed by atoms with Crippen molar-refractivity contribution in [1.82, 2.24) is 10.3 Å². The molecule has 98 valence electrons. The van der Waals surface area contributed by atoms with Gasteiger partial charge in [-0.2, -0.15) is 0 Å². The van der Waals surface area contributed by atoms with Crippen LogP contribution in [0.4, 0.5) is 0 Å². The Morgan fingerprint density at radius 3 is 2.78 bits per heavy atom. The topological polar surface area (TPSA) is 44.9 Å². The Bertz CT molecular complexity index is 458. The van der Waals surface area contributed by atoms with Crippen LogP contribution in [0.5, 0.6) is 0 Å². The Morgan fingerprint density at radius 1 is 1.44 bits per heavy atom. The second-order valence-electron chi connectivity index (χ2n) is 6.92. The summed E-state index contributed by atoms with van der Waals surface area (Å²) in [5, 5.41) is 3.28. The van der Waals surface area contributed by atoms with Crippen molar-refractivity contribution in [3.8, 4) is 0 Å². The first-order chi connectivity index (χ1) is 8.43. The van der Waals surface area contributed by atoms with Crippen LogP contribution in [0, 0.1) is 16.7 Å².